The summed E-state index contributed by atoms with van der Waals surface area (Å²) in [7, 11) is 1.50. The molecule has 1 N–H and O–H groups in total. The van der Waals surface area contributed by atoms with Crippen molar-refractivity contribution < 1.29 is 19.4 Å². The van der Waals surface area contributed by atoms with Crippen molar-refractivity contribution in [3.63, 3.8) is 0 Å². The molecule has 238 valence electrons. The van der Waals surface area contributed by atoms with Gasteiger partial charge in [-0.2, -0.15) is 0 Å². The van der Waals surface area contributed by atoms with E-state index in [-0.39, 0.29) is 30.3 Å². The number of carbonyl (C=O) groups is 2. The van der Waals surface area contributed by atoms with Crippen molar-refractivity contribution in [2.75, 3.05) is 7.11 Å². The van der Waals surface area contributed by atoms with E-state index in [1.54, 1.807) is 48.5 Å². The number of ketones is 2. The number of rotatable bonds is 5. The van der Waals surface area contributed by atoms with Crippen LogP contribution < -0.4 is 16.1 Å². The molecule has 4 atom stereocenters. The van der Waals surface area contributed by atoms with Crippen molar-refractivity contribution in [2.24, 2.45) is 5.92 Å². The van der Waals surface area contributed by atoms with Gasteiger partial charge in [0.1, 0.15) is 11.5 Å². The van der Waals surface area contributed by atoms with Crippen molar-refractivity contribution in [3.8, 4) is 17.2 Å². The second-order valence-corrected chi connectivity index (χ2v) is 12.4. The molecule has 1 fully saturated rings. The molecule has 1 saturated carbocycles. The lowest BCUT2D eigenvalue weighted by Crippen LogP contribution is -2.58. The lowest BCUT2D eigenvalue weighted by Gasteiger charge is -2.54. The highest BCUT2D eigenvalue weighted by atomic mass is 16.5. The van der Waals surface area contributed by atoms with Gasteiger partial charge in [-0.15, -0.1) is 0 Å². The molecule has 5 aromatic rings. The fourth-order valence-electron chi connectivity index (χ4n) is 8.17. The van der Waals surface area contributed by atoms with E-state index in [9.17, 15) is 19.5 Å². The number of ether oxygens (including phenoxy) is 1. The van der Waals surface area contributed by atoms with E-state index in [1.165, 1.54) is 28.6 Å². The number of carbonyl (C=O) groups excluding carboxylic acids is 2. The van der Waals surface area contributed by atoms with Gasteiger partial charge in [-0.25, -0.2) is 23.5 Å². The van der Waals surface area contributed by atoms with E-state index in [0.717, 1.165) is 4.57 Å². The summed E-state index contributed by atoms with van der Waals surface area (Å²) in [5.41, 5.74) is 0.583. The molecule has 48 heavy (non-hydrogen) atoms. The fourth-order valence-corrected chi connectivity index (χ4v) is 8.17. The van der Waals surface area contributed by atoms with Crippen LogP contribution in [-0.4, -0.2) is 37.7 Å². The zero-order valence-corrected chi connectivity index (χ0v) is 26.0. The Morgan fingerprint density at radius 2 is 1.48 bits per heavy atom. The molecular formula is C39H31N3O6. The second kappa shape index (κ2) is 11.1. The van der Waals surface area contributed by atoms with Crippen molar-refractivity contribution in [2.45, 2.75) is 30.3 Å². The topological polar surface area (TPSA) is 113 Å². The summed E-state index contributed by atoms with van der Waals surface area (Å²) in [5.74, 6) is -2.00. The highest BCUT2D eigenvalue weighted by Crippen LogP contribution is 2.62. The molecule has 0 saturated heterocycles. The molecule has 0 amide bonds. The van der Waals surface area contributed by atoms with Crippen molar-refractivity contribution in [3.05, 3.63) is 165 Å². The fraction of sp³-hybridized carbons (Fsp3) is 0.179. The van der Waals surface area contributed by atoms with Gasteiger partial charge in [-0.3, -0.25) is 9.59 Å². The average Bonchev–Trinajstić information content (AvgIpc) is 3.39. The molecule has 9 nitrogen and oxygen atoms in total. The summed E-state index contributed by atoms with van der Waals surface area (Å²) in [6.45, 7) is 0.0654. The van der Waals surface area contributed by atoms with Crippen LogP contribution in [0, 0.1) is 5.92 Å². The molecule has 1 aromatic heterocycles. The Hall–Kier alpha value is -5.96. The zero-order chi connectivity index (χ0) is 33.2. The second-order valence-electron chi connectivity index (χ2n) is 12.4. The minimum atomic E-state index is -1.46. The van der Waals surface area contributed by atoms with Crippen LogP contribution in [0.25, 0.3) is 11.3 Å². The van der Waals surface area contributed by atoms with Crippen LogP contribution in [0.2, 0.25) is 0 Å². The molecule has 4 aromatic carbocycles. The summed E-state index contributed by atoms with van der Waals surface area (Å²) in [4.78, 5) is 58.0. The number of hydrogen-bond donors (Lipinski definition) is 1. The Bertz CT molecular complexity index is 2280. The number of benzene rings is 4. The molecule has 2 aliphatic carbocycles. The number of nitrogens with zero attached hydrogens (tertiary/aromatic N) is 3. The van der Waals surface area contributed by atoms with E-state index in [2.05, 4.69) is 0 Å². The van der Waals surface area contributed by atoms with Crippen molar-refractivity contribution in [1.29, 1.82) is 0 Å². The van der Waals surface area contributed by atoms with Crippen LogP contribution >= 0.6 is 0 Å². The van der Waals surface area contributed by atoms with Gasteiger partial charge in [0.05, 0.1) is 30.8 Å². The Kier molecular flexibility index (Phi) is 6.80. The van der Waals surface area contributed by atoms with Gasteiger partial charge in [0.2, 0.25) is 0 Å². The molecule has 0 unspecified atom stereocenters. The van der Waals surface area contributed by atoms with Gasteiger partial charge >= 0.3 is 11.4 Å². The predicted molar refractivity (Wildman–Crippen MR) is 179 cm³/mol. The van der Waals surface area contributed by atoms with Crippen LogP contribution in [0.4, 0.5) is 0 Å². The number of para-hydroxylation sites is 1. The first-order chi connectivity index (χ1) is 23.4. The van der Waals surface area contributed by atoms with Crippen LogP contribution in [-0.2, 0) is 21.5 Å². The first kappa shape index (κ1) is 29.4. The largest absolute Gasteiger partial charge is 0.508 e. The zero-order valence-electron chi connectivity index (χ0n) is 26.0. The third-order valence-electron chi connectivity index (χ3n) is 10.2. The Morgan fingerprint density at radius 1 is 0.812 bits per heavy atom. The summed E-state index contributed by atoms with van der Waals surface area (Å²) in [5, 5.41) is 11.6. The van der Waals surface area contributed by atoms with E-state index in [4.69, 9.17) is 4.74 Å². The number of phenols is 1. The van der Waals surface area contributed by atoms with Gasteiger partial charge in [0, 0.05) is 29.0 Å². The van der Waals surface area contributed by atoms with E-state index in [0.29, 0.717) is 39.3 Å². The number of Topliss-reactive ketones (excluding diaryl/α,β-unsaturated/α-hetero) is 1. The molecule has 9 heteroatoms. The maximum Gasteiger partial charge on any atom is 0.352 e. The quantitative estimate of drug-likeness (QED) is 0.273. The number of methoxy groups -OCH3 is 1. The smallest absolute Gasteiger partial charge is 0.352 e. The normalized spacial score (nSPS) is 23.0. The number of fused-ring (bicyclic) bond motifs is 4. The Balaban J connectivity index is 1.43. The predicted octanol–water partition coefficient (Wildman–Crippen LogP) is 4.97. The molecule has 0 radical (unpaired) electrons. The summed E-state index contributed by atoms with van der Waals surface area (Å²) in [6.07, 6.45) is 3.41. The maximum absolute atomic E-state index is 15.0. The standard InChI is InChI=1S/C39H31N3O6/c1-48-27-17-18-29(33(43)21-27)35-28-19-20-40-37(46)41(26-15-9-4-10-16-26)38(47)42(40)32(28)23-31-36(45)30(24-11-5-2-6-12-24)22-34(44)39(31,35)25-13-7-3-8-14-25/h2-19,21-22,31-32,35,43H,20,23H2,1H3/t31-,32+,35+,39-/m0/s1. The van der Waals surface area contributed by atoms with Gasteiger partial charge < -0.3 is 9.84 Å². The Morgan fingerprint density at radius 3 is 2.15 bits per heavy atom. The minimum Gasteiger partial charge on any atom is -0.508 e. The van der Waals surface area contributed by atoms with E-state index in [1.807, 2.05) is 60.7 Å². The van der Waals surface area contributed by atoms with Crippen molar-refractivity contribution >= 4 is 17.1 Å². The first-order valence-electron chi connectivity index (χ1n) is 15.8. The highest BCUT2D eigenvalue weighted by Gasteiger charge is 2.63. The molecule has 2 heterocycles. The number of aromatic hydroxyl groups is 1. The minimum absolute atomic E-state index is 0.0654. The number of hydrogen-bond acceptors (Lipinski definition) is 6. The number of allylic oxidation sites excluding steroid dienone is 4. The van der Waals surface area contributed by atoms with Gasteiger partial charge in [-0.05, 0) is 47.4 Å². The molecule has 0 bridgehead atoms. The van der Waals surface area contributed by atoms with Crippen LogP contribution in [0.1, 0.15) is 35.1 Å². The lowest BCUT2D eigenvalue weighted by molar-refractivity contribution is -0.133. The molecule has 3 aliphatic rings. The lowest BCUT2D eigenvalue weighted by atomic mass is 9.47. The highest BCUT2D eigenvalue weighted by molar-refractivity contribution is 6.31. The molecular weight excluding hydrogens is 606 g/mol. The number of aromatic nitrogens is 3. The van der Waals surface area contributed by atoms with Crippen LogP contribution in [0.15, 0.2) is 137 Å². The third kappa shape index (κ3) is 4.10. The monoisotopic (exact) mass is 637 g/mol. The summed E-state index contributed by atoms with van der Waals surface area (Å²) < 4.78 is 9.36. The SMILES string of the molecule is COc1ccc([C@H]2C3=CCn4c(=O)n(-c5ccccc5)c(=O)n4[C@@H]3C[C@H]3C(=O)C(c4ccccc4)=CC(=O)[C@@]23c2ccccc2)c(O)c1. The summed E-state index contributed by atoms with van der Waals surface area (Å²) in [6, 6.07) is 31.2. The molecule has 8 rings (SSSR count). The maximum atomic E-state index is 15.0. The van der Waals surface area contributed by atoms with E-state index >= 15 is 4.79 Å². The van der Waals surface area contributed by atoms with Gasteiger partial charge in [0.15, 0.2) is 11.6 Å². The average molecular weight is 638 g/mol. The number of phenolic OH excluding ortho intramolecular Hbond substituents is 1. The van der Waals surface area contributed by atoms with Crippen LogP contribution in [0.5, 0.6) is 11.5 Å². The summed E-state index contributed by atoms with van der Waals surface area (Å²) >= 11 is 0. The van der Waals surface area contributed by atoms with Gasteiger partial charge in [0.25, 0.3) is 0 Å². The van der Waals surface area contributed by atoms with Crippen LogP contribution in [0.3, 0.4) is 0 Å². The Labute approximate surface area is 275 Å². The van der Waals surface area contributed by atoms with Gasteiger partial charge in [-0.1, -0.05) is 91.0 Å². The van der Waals surface area contributed by atoms with Crippen molar-refractivity contribution in [1.82, 2.24) is 13.9 Å². The first-order valence-corrected chi connectivity index (χ1v) is 15.8. The van der Waals surface area contributed by atoms with E-state index < -0.39 is 34.7 Å². The third-order valence-corrected chi connectivity index (χ3v) is 10.2. The molecule has 1 aliphatic heterocycles. The molecule has 0 spiro atoms.